The van der Waals surface area contributed by atoms with Gasteiger partial charge in [-0.15, -0.1) is 0 Å². The Hall–Kier alpha value is -1.17. The van der Waals surface area contributed by atoms with Crippen LogP contribution in [0.2, 0.25) is 0 Å². The van der Waals surface area contributed by atoms with Crippen molar-refractivity contribution >= 4 is 27.5 Å². The molecule has 1 aromatic rings. The minimum absolute atomic E-state index is 0.366. The van der Waals surface area contributed by atoms with Gasteiger partial charge in [-0.3, -0.25) is 4.79 Å². The van der Waals surface area contributed by atoms with Crippen LogP contribution in [0.15, 0.2) is 24.3 Å². The zero-order chi connectivity index (χ0) is 12.3. The molecule has 1 rings (SSSR count). The van der Waals surface area contributed by atoms with Gasteiger partial charge < -0.3 is 9.64 Å². The fourth-order valence-electron chi connectivity index (χ4n) is 1.11. The molecule has 16 heavy (non-hydrogen) atoms. The van der Waals surface area contributed by atoms with E-state index in [-0.39, 0.29) is 0 Å². The average molecular weight is 294 g/mol. The zero-order valence-electron chi connectivity index (χ0n) is 8.71. The van der Waals surface area contributed by atoms with E-state index in [0.717, 1.165) is 4.90 Å². The third-order valence-corrected chi connectivity index (χ3v) is 2.35. The summed E-state index contributed by atoms with van der Waals surface area (Å²) in [6.45, 7) is 0. The molecule has 0 spiro atoms. The standard InChI is InChI=1S/C10H10BrF2NO2/c1-14(9(15)10(11,12)13)7-3-5-8(16-2)6-4-7/h3-6H,1-2H3. The normalized spacial score (nSPS) is 11.1. The summed E-state index contributed by atoms with van der Waals surface area (Å²) in [5, 5.41) is 0. The fourth-order valence-corrected chi connectivity index (χ4v) is 1.38. The summed E-state index contributed by atoms with van der Waals surface area (Å²) in [5.41, 5.74) is 0.366. The lowest BCUT2D eigenvalue weighted by Gasteiger charge is -2.20. The molecule has 0 unspecified atom stereocenters. The molecule has 0 atom stereocenters. The number of hydrogen-bond acceptors (Lipinski definition) is 2. The van der Waals surface area contributed by atoms with E-state index in [0.29, 0.717) is 11.4 Å². The van der Waals surface area contributed by atoms with Gasteiger partial charge in [-0.25, -0.2) is 0 Å². The first-order valence-electron chi connectivity index (χ1n) is 4.35. The molecule has 0 saturated heterocycles. The van der Waals surface area contributed by atoms with E-state index in [1.807, 2.05) is 15.9 Å². The quantitative estimate of drug-likeness (QED) is 0.802. The number of amides is 1. The molecule has 3 nitrogen and oxygen atoms in total. The molecular formula is C10H10BrF2NO2. The van der Waals surface area contributed by atoms with Gasteiger partial charge in [0.25, 0.3) is 0 Å². The van der Waals surface area contributed by atoms with E-state index < -0.39 is 10.7 Å². The van der Waals surface area contributed by atoms with Crippen molar-refractivity contribution in [2.75, 3.05) is 19.1 Å². The van der Waals surface area contributed by atoms with Crippen LogP contribution in [0.1, 0.15) is 0 Å². The van der Waals surface area contributed by atoms with Crippen LogP contribution in [0.25, 0.3) is 0 Å². The number of benzene rings is 1. The molecular weight excluding hydrogens is 284 g/mol. The van der Waals surface area contributed by atoms with Gasteiger partial charge in [-0.1, -0.05) is 0 Å². The Kier molecular flexibility index (Phi) is 3.85. The third kappa shape index (κ3) is 2.91. The van der Waals surface area contributed by atoms with Gasteiger partial charge in [0.2, 0.25) is 0 Å². The smallest absolute Gasteiger partial charge is 0.378 e. The highest BCUT2D eigenvalue weighted by Gasteiger charge is 2.38. The fraction of sp³-hybridized carbons (Fsp3) is 0.300. The maximum Gasteiger partial charge on any atom is 0.378 e. The maximum absolute atomic E-state index is 12.7. The number of ether oxygens (including phenoxy) is 1. The summed E-state index contributed by atoms with van der Waals surface area (Å²) >= 11 is 2.02. The lowest BCUT2D eigenvalue weighted by molar-refractivity contribution is -0.131. The summed E-state index contributed by atoms with van der Waals surface area (Å²) < 4.78 is 30.3. The lowest BCUT2D eigenvalue weighted by atomic mass is 10.3. The predicted molar refractivity (Wildman–Crippen MR) is 60.3 cm³/mol. The molecule has 88 valence electrons. The molecule has 0 bridgehead atoms. The van der Waals surface area contributed by atoms with Gasteiger partial charge in [0, 0.05) is 28.7 Å². The van der Waals surface area contributed by atoms with Crippen molar-refractivity contribution in [3.63, 3.8) is 0 Å². The Morgan fingerprint density at radius 3 is 2.25 bits per heavy atom. The van der Waals surface area contributed by atoms with Crippen LogP contribution in [-0.4, -0.2) is 24.9 Å². The second-order valence-corrected chi connectivity index (χ2v) is 4.06. The van der Waals surface area contributed by atoms with Crippen molar-refractivity contribution < 1.29 is 18.3 Å². The van der Waals surface area contributed by atoms with Gasteiger partial charge in [-0.2, -0.15) is 8.78 Å². The van der Waals surface area contributed by atoms with Crippen LogP contribution in [0.5, 0.6) is 5.75 Å². The summed E-state index contributed by atoms with van der Waals surface area (Å²) in [5.74, 6) is -0.729. The maximum atomic E-state index is 12.7. The van der Waals surface area contributed by atoms with E-state index in [9.17, 15) is 13.6 Å². The molecule has 1 aromatic carbocycles. The Bertz CT molecular complexity index is 375. The number of methoxy groups -OCH3 is 1. The van der Waals surface area contributed by atoms with Gasteiger partial charge in [-0.05, 0) is 24.3 Å². The van der Waals surface area contributed by atoms with E-state index in [2.05, 4.69) is 0 Å². The van der Waals surface area contributed by atoms with Crippen LogP contribution in [0.3, 0.4) is 0 Å². The molecule has 0 aromatic heterocycles. The molecule has 1 amide bonds. The summed E-state index contributed by atoms with van der Waals surface area (Å²) in [6, 6.07) is 6.22. The monoisotopic (exact) mass is 293 g/mol. The number of carbonyl (C=O) groups is 1. The Labute approximate surface area is 100 Å². The van der Waals surface area contributed by atoms with E-state index in [4.69, 9.17) is 4.74 Å². The summed E-state index contributed by atoms with van der Waals surface area (Å²) in [7, 11) is 2.77. The molecule has 0 aliphatic carbocycles. The number of carbonyl (C=O) groups excluding carboxylic acids is 1. The number of rotatable bonds is 3. The minimum atomic E-state index is -3.55. The van der Waals surface area contributed by atoms with Crippen molar-refractivity contribution in [3.8, 4) is 5.75 Å². The Morgan fingerprint density at radius 1 is 1.38 bits per heavy atom. The largest absolute Gasteiger partial charge is 0.497 e. The SMILES string of the molecule is COc1ccc(N(C)C(=O)C(F)(F)Br)cc1. The number of alkyl halides is 3. The molecule has 0 heterocycles. The number of halogens is 3. The van der Waals surface area contributed by atoms with E-state index >= 15 is 0 Å². The van der Waals surface area contributed by atoms with Crippen molar-refractivity contribution in [1.29, 1.82) is 0 Å². The number of nitrogens with zero attached hydrogens (tertiary/aromatic N) is 1. The second kappa shape index (κ2) is 4.78. The number of hydrogen-bond donors (Lipinski definition) is 0. The first kappa shape index (κ1) is 12.9. The first-order chi connectivity index (χ1) is 7.36. The Balaban J connectivity index is 2.88. The first-order valence-corrected chi connectivity index (χ1v) is 5.14. The van der Waals surface area contributed by atoms with Crippen molar-refractivity contribution in [2.45, 2.75) is 4.83 Å². The van der Waals surface area contributed by atoms with Crippen LogP contribution in [0, 0.1) is 0 Å². The molecule has 0 fully saturated rings. The minimum Gasteiger partial charge on any atom is -0.497 e. The average Bonchev–Trinajstić information content (AvgIpc) is 2.26. The van der Waals surface area contributed by atoms with Crippen LogP contribution < -0.4 is 9.64 Å². The Morgan fingerprint density at radius 2 is 1.88 bits per heavy atom. The van der Waals surface area contributed by atoms with E-state index in [1.165, 1.54) is 26.3 Å². The van der Waals surface area contributed by atoms with Gasteiger partial charge in [0.15, 0.2) is 0 Å². The summed E-state index contributed by atoms with van der Waals surface area (Å²) in [6.07, 6.45) is 0. The van der Waals surface area contributed by atoms with Crippen molar-refractivity contribution in [1.82, 2.24) is 0 Å². The molecule has 6 heteroatoms. The lowest BCUT2D eigenvalue weighted by Crippen LogP contribution is -2.37. The highest BCUT2D eigenvalue weighted by atomic mass is 79.9. The van der Waals surface area contributed by atoms with Crippen LogP contribution in [0.4, 0.5) is 14.5 Å². The number of anilines is 1. The zero-order valence-corrected chi connectivity index (χ0v) is 10.3. The highest BCUT2D eigenvalue weighted by molar-refractivity contribution is 9.10. The van der Waals surface area contributed by atoms with Gasteiger partial charge in [0.1, 0.15) is 5.75 Å². The molecule has 0 aliphatic rings. The topological polar surface area (TPSA) is 29.5 Å². The van der Waals surface area contributed by atoms with Crippen LogP contribution in [-0.2, 0) is 4.79 Å². The van der Waals surface area contributed by atoms with Crippen LogP contribution >= 0.6 is 15.9 Å². The predicted octanol–water partition coefficient (Wildman–Crippen LogP) is 2.65. The van der Waals surface area contributed by atoms with E-state index in [1.54, 1.807) is 12.1 Å². The van der Waals surface area contributed by atoms with Crippen molar-refractivity contribution in [3.05, 3.63) is 24.3 Å². The van der Waals surface area contributed by atoms with Gasteiger partial charge >= 0.3 is 10.7 Å². The second-order valence-electron chi connectivity index (χ2n) is 3.06. The third-order valence-electron chi connectivity index (χ3n) is 2.01. The molecule has 0 N–H and O–H groups in total. The molecule has 0 aliphatic heterocycles. The molecule has 0 saturated carbocycles. The molecule has 0 radical (unpaired) electrons. The van der Waals surface area contributed by atoms with Gasteiger partial charge in [0.05, 0.1) is 7.11 Å². The summed E-state index contributed by atoms with van der Waals surface area (Å²) in [4.78, 5) is 8.53. The highest BCUT2D eigenvalue weighted by Crippen LogP contribution is 2.27. The van der Waals surface area contributed by atoms with Crippen molar-refractivity contribution in [2.24, 2.45) is 0 Å².